The minimum atomic E-state index is -0.384. The van der Waals surface area contributed by atoms with Crippen LogP contribution in [0.1, 0.15) is 22.6 Å². The summed E-state index contributed by atoms with van der Waals surface area (Å²) in [5, 5.41) is 0. The number of furan rings is 1. The molecule has 0 aliphatic rings. The Bertz CT molecular complexity index is 1510. The van der Waals surface area contributed by atoms with Crippen LogP contribution < -0.4 is 11.2 Å². The van der Waals surface area contributed by atoms with E-state index in [2.05, 4.69) is 4.98 Å². The molecule has 30 heavy (non-hydrogen) atoms. The van der Waals surface area contributed by atoms with Crippen molar-refractivity contribution in [3.63, 3.8) is 0 Å². The van der Waals surface area contributed by atoms with Crippen molar-refractivity contribution in [2.75, 3.05) is 0 Å². The van der Waals surface area contributed by atoms with E-state index < -0.39 is 0 Å². The fourth-order valence-corrected chi connectivity index (χ4v) is 3.91. The zero-order valence-corrected chi connectivity index (χ0v) is 17.0. The summed E-state index contributed by atoms with van der Waals surface area (Å²) >= 11 is 0. The van der Waals surface area contributed by atoms with E-state index >= 15 is 0 Å². The molecule has 8 heteroatoms. The predicted molar refractivity (Wildman–Crippen MR) is 113 cm³/mol. The largest absolute Gasteiger partial charge is 0.467 e. The van der Waals surface area contributed by atoms with Crippen LogP contribution in [0.15, 0.2) is 62.9 Å². The molecule has 8 nitrogen and oxygen atoms in total. The smallest absolute Gasteiger partial charge is 0.332 e. The Morgan fingerprint density at radius 3 is 2.53 bits per heavy atom. The number of imidazole rings is 2. The van der Waals surface area contributed by atoms with Crippen LogP contribution >= 0.6 is 0 Å². The van der Waals surface area contributed by atoms with Crippen molar-refractivity contribution in [1.82, 2.24) is 23.1 Å². The molecule has 0 atom stereocenters. The lowest BCUT2D eigenvalue weighted by Gasteiger charge is -2.10. The molecule has 152 valence electrons. The molecule has 0 unspecified atom stereocenters. The van der Waals surface area contributed by atoms with Gasteiger partial charge in [-0.15, -0.1) is 0 Å². The molecule has 0 amide bonds. The van der Waals surface area contributed by atoms with E-state index in [1.54, 1.807) is 17.7 Å². The first-order chi connectivity index (χ1) is 14.5. The second kappa shape index (κ2) is 6.62. The minimum absolute atomic E-state index is 0.216. The summed E-state index contributed by atoms with van der Waals surface area (Å²) in [6, 6.07) is 11.5. The van der Waals surface area contributed by atoms with Crippen molar-refractivity contribution in [2.45, 2.75) is 26.9 Å². The van der Waals surface area contributed by atoms with E-state index in [0.717, 1.165) is 22.6 Å². The minimum Gasteiger partial charge on any atom is -0.467 e. The highest BCUT2D eigenvalue weighted by Crippen LogP contribution is 2.18. The fourth-order valence-electron chi connectivity index (χ4n) is 3.91. The molecule has 0 aliphatic heterocycles. The van der Waals surface area contributed by atoms with Gasteiger partial charge in [0.2, 0.25) is 5.78 Å². The highest BCUT2D eigenvalue weighted by Gasteiger charge is 2.20. The van der Waals surface area contributed by atoms with Crippen LogP contribution in [0.3, 0.4) is 0 Å². The third kappa shape index (κ3) is 2.64. The summed E-state index contributed by atoms with van der Waals surface area (Å²) in [7, 11) is 1.65. The van der Waals surface area contributed by atoms with Crippen molar-refractivity contribution in [3.8, 4) is 0 Å². The molecule has 5 aromatic rings. The number of hydrogen-bond acceptors (Lipinski definition) is 4. The number of hydrogen-bond donors (Lipinski definition) is 0. The van der Waals surface area contributed by atoms with Crippen LogP contribution in [0, 0.1) is 13.8 Å². The average Bonchev–Trinajstić information content (AvgIpc) is 3.43. The third-order valence-electron chi connectivity index (χ3n) is 5.62. The number of aryl methyl sites for hydroxylation is 3. The molecule has 1 aromatic carbocycles. The monoisotopic (exact) mass is 403 g/mol. The first kappa shape index (κ1) is 18.2. The Hall–Kier alpha value is -3.81. The van der Waals surface area contributed by atoms with Crippen LogP contribution in [-0.4, -0.2) is 23.1 Å². The van der Waals surface area contributed by atoms with E-state index in [9.17, 15) is 9.59 Å². The summed E-state index contributed by atoms with van der Waals surface area (Å²) in [6.45, 7) is 4.63. The van der Waals surface area contributed by atoms with Gasteiger partial charge in [-0.25, -0.2) is 4.79 Å². The molecule has 0 bridgehead atoms. The van der Waals surface area contributed by atoms with Gasteiger partial charge in [0.05, 0.1) is 19.4 Å². The maximum absolute atomic E-state index is 13.4. The summed E-state index contributed by atoms with van der Waals surface area (Å²) in [6.07, 6.45) is 3.50. The SMILES string of the molecule is Cc1ccccc1Cn1c(=O)c2c(nc3n(Cc4ccco4)c(C)cn23)n(C)c1=O. The first-order valence-electron chi connectivity index (χ1n) is 9.70. The number of benzene rings is 1. The van der Waals surface area contributed by atoms with Crippen molar-refractivity contribution in [1.29, 1.82) is 0 Å². The standard InChI is InChI=1S/C22H21N5O3/c1-14-7-4-5-8-16(14)12-27-20(28)18-19(24(3)22(27)29)23-21-25(15(2)11-26(18)21)13-17-9-6-10-30-17/h4-11H,12-13H2,1-3H3. The van der Waals surface area contributed by atoms with Crippen molar-refractivity contribution in [3.05, 3.63) is 92.3 Å². The zero-order valence-electron chi connectivity index (χ0n) is 17.0. The van der Waals surface area contributed by atoms with Gasteiger partial charge in [-0.2, -0.15) is 4.98 Å². The molecule has 4 heterocycles. The van der Waals surface area contributed by atoms with Gasteiger partial charge in [0.15, 0.2) is 11.2 Å². The molecular weight excluding hydrogens is 382 g/mol. The van der Waals surface area contributed by atoms with Gasteiger partial charge in [-0.3, -0.25) is 18.3 Å². The highest BCUT2D eigenvalue weighted by atomic mass is 16.3. The lowest BCUT2D eigenvalue weighted by atomic mass is 10.1. The van der Waals surface area contributed by atoms with Crippen LogP contribution in [0.25, 0.3) is 16.9 Å². The van der Waals surface area contributed by atoms with Crippen LogP contribution in [0.4, 0.5) is 0 Å². The molecule has 5 rings (SSSR count). The molecule has 0 saturated heterocycles. The molecule has 0 radical (unpaired) electrons. The molecule has 0 fully saturated rings. The summed E-state index contributed by atoms with van der Waals surface area (Å²) < 4.78 is 11.9. The van der Waals surface area contributed by atoms with Crippen LogP contribution in [-0.2, 0) is 20.1 Å². The third-order valence-corrected chi connectivity index (χ3v) is 5.62. The lowest BCUT2D eigenvalue weighted by molar-refractivity contribution is 0.494. The van der Waals surface area contributed by atoms with Gasteiger partial charge in [-0.05, 0) is 37.1 Å². The highest BCUT2D eigenvalue weighted by molar-refractivity contribution is 5.75. The topological polar surface area (TPSA) is 79.4 Å². The van der Waals surface area contributed by atoms with Gasteiger partial charge in [0.25, 0.3) is 5.56 Å². The zero-order chi connectivity index (χ0) is 21.0. The van der Waals surface area contributed by atoms with E-state index in [4.69, 9.17) is 4.42 Å². The molecule has 4 aromatic heterocycles. The molecule has 0 aliphatic carbocycles. The van der Waals surface area contributed by atoms with Crippen molar-refractivity contribution in [2.24, 2.45) is 7.05 Å². The Balaban J connectivity index is 1.75. The van der Waals surface area contributed by atoms with E-state index in [-0.39, 0.29) is 17.8 Å². The molecule has 0 spiro atoms. The maximum Gasteiger partial charge on any atom is 0.332 e. The lowest BCUT2D eigenvalue weighted by Crippen LogP contribution is -2.39. The van der Waals surface area contributed by atoms with Gasteiger partial charge >= 0.3 is 5.69 Å². The number of nitrogens with zero attached hydrogens (tertiary/aromatic N) is 5. The van der Waals surface area contributed by atoms with Gasteiger partial charge in [0.1, 0.15) is 5.76 Å². The van der Waals surface area contributed by atoms with E-state index in [0.29, 0.717) is 23.5 Å². The second-order valence-electron chi connectivity index (χ2n) is 7.55. The van der Waals surface area contributed by atoms with E-state index in [1.165, 1.54) is 9.13 Å². The summed E-state index contributed by atoms with van der Waals surface area (Å²) in [5.41, 5.74) is 2.93. The van der Waals surface area contributed by atoms with Gasteiger partial charge in [-0.1, -0.05) is 24.3 Å². The number of aromatic nitrogens is 5. The Morgan fingerprint density at radius 2 is 1.80 bits per heavy atom. The Morgan fingerprint density at radius 1 is 1.00 bits per heavy atom. The second-order valence-corrected chi connectivity index (χ2v) is 7.55. The normalized spacial score (nSPS) is 11.7. The van der Waals surface area contributed by atoms with E-state index in [1.807, 2.05) is 61.0 Å². The molecular formula is C22H21N5O3. The number of rotatable bonds is 4. The predicted octanol–water partition coefficient (Wildman–Crippen LogP) is 2.46. The maximum atomic E-state index is 13.4. The Labute approximate surface area is 171 Å². The van der Waals surface area contributed by atoms with Crippen LogP contribution in [0.2, 0.25) is 0 Å². The summed E-state index contributed by atoms with van der Waals surface area (Å²) in [5.74, 6) is 1.38. The average molecular weight is 403 g/mol. The quantitative estimate of drug-likeness (QED) is 0.462. The fraction of sp³-hybridized carbons (Fsp3) is 0.227. The van der Waals surface area contributed by atoms with Crippen molar-refractivity contribution >= 4 is 16.9 Å². The van der Waals surface area contributed by atoms with Gasteiger partial charge < -0.3 is 8.98 Å². The van der Waals surface area contributed by atoms with Crippen molar-refractivity contribution < 1.29 is 4.42 Å². The number of fused-ring (bicyclic) bond motifs is 3. The molecule has 0 saturated carbocycles. The van der Waals surface area contributed by atoms with Crippen LogP contribution in [0.5, 0.6) is 0 Å². The summed E-state index contributed by atoms with van der Waals surface area (Å²) in [4.78, 5) is 31.0. The first-order valence-corrected chi connectivity index (χ1v) is 9.70. The molecule has 0 N–H and O–H groups in total. The Kier molecular flexibility index (Phi) is 4.02. The van der Waals surface area contributed by atoms with Gasteiger partial charge in [0, 0.05) is 18.9 Å².